The summed E-state index contributed by atoms with van der Waals surface area (Å²) in [6.45, 7) is 13.3. The number of rotatable bonds is 14. The zero-order valence-electron chi connectivity index (χ0n) is 20.5. The maximum atomic E-state index is 12.8. The standard InChI is InChI=1S/C13H19O4.3C4H9.Sn/c1-6-9-7-13(10(14)16-4,11(15)17-5)8-12(9,2)3;3*1-3-4-2;/h6,9H,1-2,7-8H2,3-5H3;3*1,3-4H2,2H3;. The Morgan fingerprint density at radius 2 is 1.40 bits per heavy atom. The maximum absolute atomic E-state index is 12.8. The molecule has 0 aromatic carbocycles. The van der Waals surface area contributed by atoms with Gasteiger partial charge in [0.05, 0.1) is 0 Å². The van der Waals surface area contributed by atoms with Gasteiger partial charge in [-0.25, -0.2) is 0 Å². The Balaban J connectivity index is 3.36. The van der Waals surface area contributed by atoms with Crippen molar-refractivity contribution in [2.24, 2.45) is 16.7 Å². The number of esters is 2. The van der Waals surface area contributed by atoms with E-state index in [2.05, 4.69) is 34.3 Å². The Morgan fingerprint density at radius 1 is 0.967 bits per heavy atom. The summed E-state index contributed by atoms with van der Waals surface area (Å²) < 4.78 is 15.7. The number of methoxy groups -OCH3 is 2. The van der Waals surface area contributed by atoms with Crippen molar-refractivity contribution in [2.75, 3.05) is 14.2 Å². The fourth-order valence-electron chi connectivity index (χ4n) is 6.01. The number of hydrogen-bond donors (Lipinski definition) is 0. The number of unbranched alkanes of at least 4 members (excludes halogenated alkanes) is 3. The molecule has 0 N–H and O–H groups in total. The van der Waals surface area contributed by atoms with E-state index in [4.69, 9.17) is 9.47 Å². The number of carbonyl (C=O) groups excluding carboxylic acids is 2. The van der Waals surface area contributed by atoms with E-state index >= 15 is 0 Å². The molecular formula is C25H46O4Sn. The molecule has 0 radical (unpaired) electrons. The molecule has 2 unspecified atom stereocenters. The molecule has 1 aliphatic carbocycles. The quantitative estimate of drug-likeness (QED) is 0.108. The molecule has 4 nitrogen and oxygen atoms in total. The van der Waals surface area contributed by atoms with Crippen LogP contribution in [0.4, 0.5) is 0 Å². The van der Waals surface area contributed by atoms with E-state index in [1.807, 2.05) is 6.08 Å². The summed E-state index contributed by atoms with van der Waals surface area (Å²) >= 11 is -2.48. The first-order valence-corrected chi connectivity index (χ1v) is 20.1. The van der Waals surface area contributed by atoms with E-state index in [-0.39, 0.29) is 11.3 Å². The van der Waals surface area contributed by atoms with Crippen LogP contribution in [0.2, 0.25) is 17.7 Å². The van der Waals surface area contributed by atoms with Crippen molar-refractivity contribution in [2.45, 2.75) is 96.8 Å². The predicted molar refractivity (Wildman–Crippen MR) is 127 cm³/mol. The number of carbonyl (C=O) groups is 2. The van der Waals surface area contributed by atoms with Crippen LogP contribution >= 0.6 is 0 Å². The summed E-state index contributed by atoms with van der Waals surface area (Å²) in [6.07, 6.45) is 10.7. The van der Waals surface area contributed by atoms with Crippen molar-refractivity contribution < 1.29 is 19.1 Å². The van der Waals surface area contributed by atoms with Crippen LogP contribution in [0.3, 0.4) is 0 Å². The van der Waals surface area contributed by atoms with Crippen LogP contribution in [0, 0.1) is 16.7 Å². The SMILES string of the molecule is C=CC1CC(C(=O)OC)(C(=O)OC)CC1(C)[CH2][Sn]([CH2]CCC)([CH2]CCC)[CH2]CCC. The molecule has 0 bridgehead atoms. The van der Waals surface area contributed by atoms with Gasteiger partial charge in [0, 0.05) is 0 Å². The number of allylic oxidation sites excluding steroid dienone is 1. The van der Waals surface area contributed by atoms with E-state index in [0.717, 1.165) is 0 Å². The topological polar surface area (TPSA) is 52.6 Å². The fraction of sp³-hybridized carbons (Fsp3) is 0.840. The molecule has 0 aromatic heterocycles. The molecule has 30 heavy (non-hydrogen) atoms. The summed E-state index contributed by atoms with van der Waals surface area (Å²) in [6, 6.07) is 0. The second-order valence-electron chi connectivity index (χ2n) is 9.93. The predicted octanol–water partition coefficient (Wildman–Crippen LogP) is 6.77. The normalized spacial score (nSPS) is 23.2. The van der Waals surface area contributed by atoms with Crippen molar-refractivity contribution >= 4 is 30.3 Å². The van der Waals surface area contributed by atoms with Crippen LogP contribution in [0.15, 0.2) is 12.7 Å². The van der Waals surface area contributed by atoms with Gasteiger partial charge in [-0.1, -0.05) is 0 Å². The molecule has 2 atom stereocenters. The Labute approximate surface area is 189 Å². The third kappa shape index (κ3) is 6.26. The van der Waals surface area contributed by atoms with Gasteiger partial charge in [0.25, 0.3) is 0 Å². The first-order chi connectivity index (χ1) is 14.2. The van der Waals surface area contributed by atoms with Crippen molar-refractivity contribution in [1.29, 1.82) is 0 Å². The van der Waals surface area contributed by atoms with Crippen molar-refractivity contribution in [3.8, 4) is 0 Å². The van der Waals surface area contributed by atoms with Crippen LogP contribution in [-0.2, 0) is 19.1 Å². The molecule has 174 valence electrons. The Kier molecular flexibility index (Phi) is 11.5. The average Bonchev–Trinajstić information content (AvgIpc) is 3.06. The van der Waals surface area contributed by atoms with Crippen LogP contribution < -0.4 is 0 Å². The Morgan fingerprint density at radius 3 is 1.73 bits per heavy atom. The first kappa shape index (κ1) is 27.5. The molecule has 0 aliphatic heterocycles. The molecule has 1 rings (SSSR count). The van der Waals surface area contributed by atoms with Gasteiger partial charge in [-0.15, -0.1) is 0 Å². The van der Waals surface area contributed by atoms with E-state index < -0.39 is 35.7 Å². The van der Waals surface area contributed by atoms with E-state index in [0.29, 0.717) is 12.8 Å². The summed E-state index contributed by atoms with van der Waals surface area (Å²) in [5, 5.41) is 0. The molecule has 1 saturated carbocycles. The third-order valence-electron chi connectivity index (χ3n) is 7.57. The van der Waals surface area contributed by atoms with Gasteiger partial charge in [0.1, 0.15) is 0 Å². The third-order valence-corrected chi connectivity index (χ3v) is 24.1. The Hall–Kier alpha value is -0.521. The van der Waals surface area contributed by atoms with Gasteiger partial charge in [-0.2, -0.15) is 0 Å². The molecule has 1 aliphatic rings. The molecule has 5 heteroatoms. The summed E-state index contributed by atoms with van der Waals surface area (Å²) in [4.78, 5) is 25.7. The number of ether oxygens (including phenoxy) is 2. The van der Waals surface area contributed by atoms with Crippen molar-refractivity contribution in [1.82, 2.24) is 0 Å². The van der Waals surface area contributed by atoms with Crippen molar-refractivity contribution in [3.05, 3.63) is 12.7 Å². The second kappa shape index (κ2) is 12.5. The van der Waals surface area contributed by atoms with Gasteiger partial charge in [0.2, 0.25) is 0 Å². The zero-order chi connectivity index (χ0) is 22.8. The van der Waals surface area contributed by atoms with Gasteiger partial charge < -0.3 is 0 Å². The monoisotopic (exact) mass is 530 g/mol. The molecule has 0 amide bonds. The minimum atomic E-state index is -2.48. The first-order valence-electron chi connectivity index (χ1n) is 12.0. The van der Waals surface area contributed by atoms with E-state index in [1.165, 1.54) is 70.5 Å². The molecule has 0 heterocycles. The van der Waals surface area contributed by atoms with Crippen LogP contribution in [0.25, 0.3) is 0 Å². The molecular weight excluding hydrogens is 483 g/mol. The zero-order valence-corrected chi connectivity index (χ0v) is 23.3. The molecule has 0 aromatic rings. The van der Waals surface area contributed by atoms with E-state index in [1.54, 1.807) is 0 Å². The van der Waals surface area contributed by atoms with Gasteiger partial charge in [-0.05, 0) is 0 Å². The fourth-order valence-corrected chi connectivity index (χ4v) is 25.1. The Bertz CT molecular complexity index is 536. The summed E-state index contributed by atoms with van der Waals surface area (Å²) in [5.74, 6) is -0.751. The van der Waals surface area contributed by atoms with Crippen LogP contribution in [-0.4, -0.2) is 44.5 Å². The minimum absolute atomic E-state index is 0.0879. The van der Waals surface area contributed by atoms with Gasteiger partial charge >= 0.3 is 190 Å². The summed E-state index contributed by atoms with van der Waals surface area (Å²) in [7, 11) is 2.75. The van der Waals surface area contributed by atoms with Crippen LogP contribution in [0.1, 0.15) is 79.1 Å². The second-order valence-corrected chi connectivity index (χ2v) is 23.8. The molecule has 1 fully saturated rings. The van der Waals surface area contributed by atoms with E-state index in [9.17, 15) is 9.59 Å². The average molecular weight is 529 g/mol. The van der Waals surface area contributed by atoms with Gasteiger partial charge in [0.15, 0.2) is 0 Å². The summed E-state index contributed by atoms with van der Waals surface area (Å²) in [5.41, 5.74) is -1.27. The van der Waals surface area contributed by atoms with Gasteiger partial charge in [-0.3, -0.25) is 0 Å². The van der Waals surface area contributed by atoms with Crippen molar-refractivity contribution in [3.63, 3.8) is 0 Å². The molecule has 0 saturated heterocycles. The number of hydrogen-bond acceptors (Lipinski definition) is 4. The molecule has 0 spiro atoms. The van der Waals surface area contributed by atoms with Crippen LogP contribution in [0.5, 0.6) is 0 Å².